The molecule has 1 aliphatic rings. The van der Waals surface area contributed by atoms with Crippen LogP contribution >= 0.6 is 0 Å². The molecule has 1 aromatic rings. The second kappa shape index (κ2) is 9.15. The number of halogens is 2. The van der Waals surface area contributed by atoms with Crippen molar-refractivity contribution in [3.8, 4) is 5.75 Å². The van der Waals surface area contributed by atoms with Crippen LogP contribution in [-0.2, 0) is 14.3 Å². The quantitative estimate of drug-likeness (QED) is 0.603. The predicted octanol–water partition coefficient (Wildman–Crippen LogP) is 3.29. The Morgan fingerprint density at radius 1 is 1.20 bits per heavy atom. The molecule has 1 atom stereocenters. The number of ether oxygens (including phenoxy) is 2. The summed E-state index contributed by atoms with van der Waals surface area (Å²) in [7, 11) is 0. The molecule has 1 aromatic carbocycles. The number of hydrogen-bond donors (Lipinski definition) is 1. The molecule has 0 radical (unpaired) electrons. The Morgan fingerprint density at radius 3 is 2.44 bits per heavy atom. The maximum absolute atomic E-state index is 12.1. The Bertz CT molecular complexity index is 610. The van der Waals surface area contributed by atoms with Crippen molar-refractivity contribution >= 4 is 18.0 Å². The standard InChI is InChI=1S/C18H21F2NO4/c1-12(17(23)21-14-4-2-3-5-14)24-16(22)11-8-13-6-9-15(10-7-13)25-18(19)20/h6-12,14,18H,2-5H2,1H3,(H,21,23)/b11-8+/t12-/m0/s1. The average Bonchev–Trinajstić information content (AvgIpc) is 3.06. The molecule has 1 amide bonds. The molecular formula is C18H21F2NO4. The number of rotatable bonds is 7. The van der Waals surface area contributed by atoms with Crippen LogP contribution in [0.3, 0.4) is 0 Å². The van der Waals surface area contributed by atoms with E-state index in [-0.39, 0.29) is 17.7 Å². The summed E-state index contributed by atoms with van der Waals surface area (Å²) in [4.78, 5) is 23.7. The minimum Gasteiger partial charge on any atom is -0.449 e. The highest BCUT2D eigenvalue weighted by molar-refractivity contribution is 5.90. The summed E-state index contributed by atoms with van der Waals surface area (Å²) in [6, 6.07) is 5.96. The van der Waals surface area contributed by atoms with Gasteiger partial charge in [-0.05, 0) is 43.5 Å². The topological polar surface area (TPSA) is 64.6 Å². The maximum Gasteiger partial charge on any atom is 0.387 e. The number of esters is 1. The maximum atomic E-state index is 12.1. The lowest BCUT2D eigenvalue weighted by Crippen LogP contribution is -2.40. The fraction of sp³-hybridized carbons (Fsp3) is 0.444. The van der Waals surface area contributed by atoms with Crippen molar-refractivity contribution in [2.45, 2.75) is 51.4 Å². The Balaban J connectivity index is 1.79. The van der Waals surface area contributed by atoms with Gasteiger partial charge < -0.3 is 14.8 Å². The molecule has 136 valence electrons. The first-order chi connectivity index (χ1) is 11.9. The van der Waals surface area contributed by atoms with Crippen molar-refractivity contribution in [3.63, 3.8) is 0 Å². The van der Waals surface area contributed by atoms with E-state index >= 15 is 0 Å². The van der Waals surface area contributed by atoms with Gasteiger partial charge in [0.15, 0.2) is 6.10 Å². The number of nitrogens with one attached hydrogen (secondary N) is 1. The SMILES string of the molecule is C[C@H](OC(=O)/C=C/c1ccc(OC(F)F)cc1)C(=O)NC1CCCC1. The van der Waals surface area contributed by atoms with Crippen LogP contribution in [-0.4, -0.2) is 30.6 Å². The molecule has 0 aromatic heterocycles. The molecule has 5 nitrogen and oxygen atoms in total. The highest BCUT2D eigenvalue weighted by atomic mass is 19.3. The molecule has 0 bridgehead atoms. The van der Waals surface area contributed by atoms with Crippen molar-refractivity contribution < 1.29 is 27.8 Å². The summed E-state index contributed by atoms with van der Waals surface area (Å²) < 4.78 is 33.4. The molecule has 0 saturated heterocycles. The molecule has 0 unspecified atom stereocenters. The minimum absolute atomic E-state index is 0.0342. The summed E-state index contributed by atoms with van der Waals surface area (Å²) in [6.45, 7) is -1.36. The highest BCUT2D eigenvalue weighted by Crippen LogP contribution is 2.18. The zero-order chi connectivity index (χ0) is 18.2. The normalized spacial score (nSPS) is 16.2. The lowest BCUT2D eigenvalue weighted by molar-refractivity contribution is -0.150. The minimum atomic E-state index is -2.88. The van der Waals surface area contributed by atoms with Gasteiger partial charge in [-0.2, -0.15) is 8.78 Å². The molecule has 2 rings (SSSR count). The van der Waals surface area contributed by atoms with E-state index in [1.54, 1.807) is 0 Å². The van der Waals surface area contributed by atoms with Crippen LogP contribution in [0.2, 0.25) is 0 Å². The largest absolute Gasteiger partial charge is 0.449 e. The Labute approximate surface area is 145 Å². The third-order valence-electron chi connectivity index (χ3n) is 3.88. The van der Waals surface area contributed by atoms with Gasteiger partial charge in [0.2, 0.25) is 0 Å². The van der Waals surface area contributed by atoms with Crippen LogP contribution < -0.4 is 10.1 Å². The average molecular weight is 353 g/mol. The third-order valence-corrected chi connectivity index (χ3v) is 3.88. The van der Waals surface area contributed by atoms with E-state index in [0.29, 0.717) is 5.56 Å². The zero-order valence-corrected chi connectivity index (χ0v) is 13.9. The van der Waals surface area contributed by atoms with Gasteiger partial charge in [-0.1, -0.05) is 25.0 Å². The number of benzene rings is 1. The molecule has 0 aliphatic heterocycles. The molecule has 0 spiro atoms. The summed E-state index contributed by atoms with van der Waals surface area (Å²) in [5, 5.41) is 2.86. The smallest absolute Gasteiger partial charge is 0.387 e. The van der Waals surface area contributed by atoms with E-state index in [2.05, 4.69) is 10.1 Å². The Kier molecular flexibility index (Phi) is 6.91. The lowest BCUT2D eigenvalue weighted by Gasteiger charge is -2.16. The molecule has 1 saturated carbocycles. The monoisotopic (exact) mass is 353 g/mol. The molecule has 25 heavy (non-hydrogen) atoms. The number of amides is 1. The zero-order valence-electron chi connectivity index (χ0n) is 13.9. The fourth-order valence-electron chi connectivity index (χ4n) is 2.58. The Morgan fingerprint density at radius 2 is 1.84 bits per heavy atom. The van der Waals surface area contributed by atoms with Gasteiger partial charge in [0.1, 0.15) is 5.75 Å². The first kappa shape index (κ1) is 18.9. The van der Waals surface area contributed by atoms with E-state index < -0.39 is 18.7 Å². The van der Waals surface area contributed by atoms with Crippen molar-refractivity contribution in [1.82, 2.24) is 5.32 Å². The van der Waals surface area contributed by atoms with Gasteiger partial charge in [-0.3, -0.25) is 4.79 Å². The van der Waals surface area contributed by atoms with Crippen LogP contribution in [0, 0.1) is 0 Å². The second-order valence-electron chi connectivity index (χ2n) is 5.85. The summed E-state index contributed by atoms with van der Waals surface area (Å²) in [5.74, 6) is -0.920. The molecular weight excluding hydrogens is 332 g/mol. The summed E-state index contributed by atoms with van der Waals surface area (Å²) >= 11 is 0. The molecule has 0 heterocycles. The van der Waals surface area contributed by atoms with Gasteiger partial charge in [-0.15, -0.1) is 0 Å². The first-order valence-corrected chi connectivity index (χ1v) is 8.18. The summed E-state index contributed by atoms with van der Waals surface area (Å²) in [5.41, 5.74) is 0.613. The van der Waals surface area contributed by atoms with E-state index in [1.165, 1.54) is 43.3 Å². The number of carbonyl (C=O) groups is 2. The number of hydrogen-bond acceptors (Lipinski definition) is 4. The van der Waals surface area contributed by atoms with Gasteiger partial charge in [-0.25, -0.2) is 4.79 Å². The molecule has 7 heteroatoms. The van der Waals surface area contributed by atoms with Gasteiger partial charge in [0.05, 0.1) is 0 Å². The van der Waals surface area contributed by atoms with Crippen LogP contribution in [0.25, 0.3) is 6.08 Å². The van der Waals surface area contributed by atoms with Crippen LogP contribution in [0.5, 0.6) is 5.75 Å². The van der Waals surface area contributed by atoms with Gasteiger partial charge in [0.25, 0.3) is 5.91 Å². The number of alkyl halides is 2. The van der Waals surface area contributed by atoms with Crippen LogP contribution in [0.15, 0.2) is 30.3 Å². The predicted molar refractivity (Wildman–Crippen MR) is 88.1 cm³/mol. The van der Waals surface area contributed by atoms with Crippen LogP contribution in [0.4, 0.5) is 8.78 Å². The van der Waals surface area contributed by atoms with E-state index in [9.17, 15) is 18.4 Å². The lowest BCUT2D eigenvalue weighted by atomic mass is 10.2. The van der Waals surface area contributed by atoms with Crippen molar-refractivity contribution in [1.29, 1.82) is 0 Å². The first-order valence-electron chi connectivity index (χ1n) is 8.18. The molecule has 1 fully saturated rings. The van der Waals surface area contributed by atoms with Crippen molar-refractivity contribution in [2.75, 3.05) is 0 Å². The van der Waals surface area contributed by atoms with Gasteiger partial charge in [0, 0.05) is 12.1 Å². The highest BCUT2D eigenvalue weighted by Gasteiger charge is 2.22. The van der Waals surface area contributed by atoms with Gasteiger partial charge >= 0.3 is 12.6 Å². The van der Waals surface area contributed by atoms with Crippen molar-refractivity contribution in [3.05, 3.63) is 35.9 Å². The molecule has 1 N–H and O–H groups in total. The van der Waals surface area contributed by atoms with Crippen molar-refractivity contribution in [2.24, 2.45) is 0 Å². The van der Waals surface area contributed by atoms with E-state index in [4.69, 9.17) is 4.74 Å². The fourth-order valence-corrected chi connectivity index (χ4v) is 2.58. The number of carbonyl (C=O) groups excluding carboxylic acids is 2. The van der Waals surface area contributed by atoms with E-state index in [0.717, 1.165) is 25.7 Å². The molecule has 1 aliphatic carbocycles. The Hall–Kier alpha value is -2.44. The summed E-state index contributed by atoms with van der Waals surface area (Å²) in [6.07, 6.45) is 5.89. The van der Waals surface area contributed by atoms with Crippen LogP contribution in [0.1, 0.15) is 38.2 Å². The van der Waals surface area contributed by atoms with E-state index in [1.807, 2.05) is 0 Å². The third kappa shape index (κ3) is 6.52. The second-order valence-corrected chi connectivity index (χ2v) is 5.85.